The van der Waals surface area contributed by atoms with Crippen LogP contribution < -0.4 is 26.8 Å². The largest absolute Gasteiger partial charge is 0.367 e. The van der Waals surface area contributed by atoms with Crippen molar-refractivity contribution in [2.24, 2.45) is 14.1 Å². The summed E-state index contributed by atoms with van der Waals surface area (Å²) in [6.45, 7) is 0.844. The summed E-state index contributed by atoms with van der Waals surface area (Å²) in [5, 5.41) is 5.15. The van der Waals surface area contributed by atoms with E-state index in [-0.39, 0.29) is 17.4 Å². The number of nitrogens with one attached hydrogen (secondary N) is 2. The molecule has 3 rings (SSSR count). The Balaban J connectivity index is 1.64. The van der Waals surface area contributed by atoms with Gasteiger partial charge in [-0.1, -0.05) is 0 Å². The van der Waals surface area contributed by atoms with Gasteiger partial charge in [0.05, 0.1) is 5.69 Å². The lowest BCUT2D eigenvalue weighted by atomic mass is 10.2. The molecule has 27 heavy (non-hydrogen) atoms. The first-order chi connectivity index (χ1) is 12.8. The summed E-state index contributed by atoms with van der Waals surface area (Å²) in [6.07, 6.45) is 1.81. The van der Waals surface area contributed by atoms with Crippen molar-refractivity contribution < 1.29 is 13.6 Å². The molecule has 1 saturated heterocycles. The molecular formula is C17H19F2N5O3. The van der Waals surface area contributed by atoms with Gasteiger partial charge in [0.15, 0.2) is 0 Å². The van der Waals surface area contributed by atoms with Gasteiger partial charge in [0.25, 0.3) is 5.56 Å². The van der Waals surface area contributed by atoms with E-state index >= 15 is 0 Å². The van der Waals surface area contributed by atoms with Gasteiger partial charge in [-0.2, -0.15) is 0 Å². The molecule has 1 aliphatic rings. The first-order valence-corrected chi connectivity index (χ1v) is 8.30. The number of anilines is 2. The summed E-state index contributed by atoms with van der Waals surface area (Å²) in [5.41, 5.74) is -0.877. The quantitative estimate of drug-likeness (QED) is 0.824. The first-order valence-electron chi connectivity index (χ1n) is 8.30. The van der Waals surface area contributed by atoms with Gasteiger partial charge < -0.3 is 20.1 Å². The molecule has 10 heteroatoms. The van der Waals surface area contributed by atoms with Crippen LogP contribution in [-0.2, 0) is 14.1 Å². The topological polar surface area (TPSA) is 88.4 Å². The third-order valence-corrected chi connectivity index (χ3v) is 4.47. The third-order valence-electron chi connectivity index (χ3n) is 4.47. The van der Waals surface area contributed by atoms with Gasteiger partial charge in [0, 0.05) is 45.5 Å². The van der Waals surface area contributed by atoms with Crippen molar-refractivity contribution in [2.75, 3.05) is 23.3 Å². The first kappa shape index (κ1) is 18.6. The lowest BCUT2D eigenvalue weighted by Gasteiger charge is -2.19. The standard InChI is InChI=1S/C17H19F2N5O3/c1-22-9-13(15(25)23(2)17(22)27)21-16(26)20-11-5-6-24(8-11)14-4-3-10(18)7-12(14)19/h3-4,7,9,11H,5-6,8H2,1-2H3,(H2,20,21,26). The van der Waals surface area contributed by atoms with E-state index in [1.165, 1.54) is 37.0 Å². The van der Waals surface area contributed by atoms with Crippen molar-refractivity contribution in [2.45, 2.75) is 12.5 Å². The number of rotatable bonds is 3. The maximum atomic E-state index is 13.9. The van der Waals surface area contributed by atoms with Crippen LogP contribution >= 0.6 is 0 Å². The molecule has 8 nitrogen and oxygen atoms in total. The second kappa shape index (κ2) is 7.22. The maximum Gasteiger partial charge on any atom is 0.330 e. The molecule has 144 valence electrons. The summed E-state index contributed by atoms with van der Waals surface area (Å²) in [5.74, 6) is -1.31. The Bertz CT molecular complexity index is 1000. The molecule has 1 aromatic heterocycles. The van der Waals surface area contributed by atoms with Crippen molar-refractivity contribution in [3.05, 3.63) is 56.9 Å². The third kappa shape index (κ3) is 3.83. The number of benzene rings is 1. The molecule has 1 fully saturated rings. The van der Waals surface area contributed by atoms with E-state index in [0.717, 1.165) is 10.6 Å². The molecular weight excluding hydrogens is 360 g/mol. The summed E-state index contributed by atoms with van der Waals surface area (Å²) < 4.78 is 29.0. The fraction of sp³-hybridized carbons (Fsp3) is 0.353. The highest BCUT2D eigenvalue weighted by molar-refractivity contribution is 5.89. The minimum Gasteiger partial charge on any atom is -0.367 e. The van der Waals surface area contributed by atoms with Crippen LogP contribution in [0, 0.1) is 11.6 Å². The number of carbonyl (C=O) groups is 1. The number of aryl methyl sites for hydroxylation is 1. The van der Waals surface area contributed by atoms with E-state index < -0.39 is 28.9 Å². The normalized spacial score (nSPS) is 16.4. The Kier molecular flexibility index (Phi) is 4.98. The number of urea groups is 1. The van der Waals surface area contributed by atoms with E-state index in [0.29, 0.717) is 19.5 Å². The Morgan fingerprint density at radius 3 is 2.67 bits per heavy atom. The molecule has 0 saturated carbocycles. The zero-order valence-electron chi connectivity index (χ0n) is 14.8. The number of carbonyl (C=O) groups excluding carboxylic acids is 1. The highest BCUT2D eigenvalue weighted by Gasteiger charge is 2.26. The summed E-state index contributed by atoms with van der Waals surface area (Å²) >= 11 is 0. The van der Waals surface area contributed by atoms with Crippen molar-refractivity contribution in [3.8, 4) is 0 Å². The average molecular weight is 379 g/mol. The van der Waals surface area contributed by atoms with Crippen LogP contribution in [-0.4, -0.2) is 34.3 Å². The maximum absolute atomic E-state index is 13.9. The van der Waals surface area contributed by atoms with E-state index in [2.05, 4.69) is 10.6 Å². The van der Waals surface area contributed by atoms with Gasteiger partial charge in [-0.15, -0.1) is 0 Å². The lowest BCUT2D eigenvalue weighted by Crippen LogP contribution is -2.43. The van der Waals surface area contributed by atoms with Crippen LogP contribution in [0.2, 0.25) is 0 Å². The van der Waals surface area contributed by atoms with Crippen LogP contribution in [0.15, 0.2) is 34.0 Å². The predicted octanol–water partition coefficient (Wildman–Crippen LogP) is 0.763. The zero-order valence-corrected chi connectivity index (χ0v) is 14.8. The van der Waals surface area contributed by atoms with Gasteiger partial charge >= 0.3 is 11.7 Å². The molecule has 1 atom stereocenters. The fourth-order valence-electron chi connectivity index (χ4n) is 3.07. The molecule has 2 heterocycles. The lowest BCUT2D eigenvalue weighted by molar-refractivity contribution is 0.249. The minimum absolute atomic E-state index is 0.0310. The second-order valence-electron chi connectivity index (χ2n) is 6.43. The number of aromatic nitrogens is 2. The molecule has 1 unspecified atom stereocenters. The number of nitrogens with zero attached hydrogens (tertiary/aromatic N) is 3. The molecule has 0 radical (unpaired) electrons. The van der Waals surface area contributed by atoms with Gasteiger partial charge in [0.1, 0.15) is 17.3 Å². The van der Waals surface area contributed by atoms with Crippen LogP contribution in [0.25, 0.3) is 0 Å². The molecule has 0 bridgehead atoms. The van der Waals surface area contributed by atoms with Crippen molar-refractivity contribution in [1.29, 1.82) is 0 Å². The Labute approximate surface area is 153 Å². The van der Waals surface area contributed by atoms with E-state index in [9.17, 15) is 23.2 Å². The number of hydrogen-bond donors (Lipinski definition) is 2. The van der Waals surface area contributed by atoms with Crippen LogP contribution in [0.1, 0.15) is 6.42 Å². The molecule has 1 aromatic carbocycles. The molecule has 2 aromatic rings. The summed E-state index contributed by atoms with van der Waals surface area (Å²) in [6, 6.07) is 2.49. The Morgan fingerprint density at radius 1 is 1.22 bits per heavy atom. The van der Waals surface area contributed by atoms with Crippen molar-refractivity contribution in [3.63, 3.8) is 0 Å². The van der Waals surface area contributed by atoms with Crippen LogP contribution in [0.4, 0.5) is 25.0 Å². The molecule has 0 aliphatic carbocycles. The van der Waals surface area contributed by atoms with E-state index in [1.54, 1.807) is 4.90 Å². The molecule has 0 spiro atoms. The fourth-order valence-corrected chi connectivity index (χ4v) is 3.07. The number of amides is 2. The average Bonchev–Trinajstić information content (AvgIpc) is 3.05. The zero-order chi connectivity index (χ0) is 19.7. The number of halogens is 2. The van der Waals surface area contributed by atoms with E-state index in [1.807, 2.05) is 0 Å². The molecule has 2 N–H and O–H groups in total. The summed E-state index contributed by atoms with van der Waals surface area (Å²) in [7, 11) is 2.79. The second-order valence-corrected chi connectivity index (χ2v) is 6.43. The van der Waals surface area contributed by atoms with E-state index in [4.69, 9.17) is 0 Å². The van der Waals surface area contributed by atoms with Gasteiger partial charge in [-0.3, -0.25) is 9.36 Å². The van der Waals surface area contributed by atoms with Gasteiger partial charge in [-0.25, -0.2) is 18.4 Å². The van der Waals surface area contributed by atoms with Gasteiger partial charge in [-0.05, 0) is 18.6 Å². The monoisotopic (exact) mass is 379 g/mol. The van der Waals surface area contributed by atoms with Crippen molar-refractivity contribution in [1.82, 2.24) is 14.5 Å². The number of hydrogen-bond acceptors (Lipinski definition) is 4. The predicted molar refractivity (Wildman–Crippen MR) is 96.1 cm³/mol. The highest BCUT2D eigenvalue weighted by Crippen LogP contribution is 2.24. The Hall–Kier alpha value is -3.17. The minimum atomic E-state index is -0.659. The van der Waals surface area contributed by atoms with Crippen LogP contribution in [0.5, 0.6) is 0 Å². The highest BCUT2D eigenvalue weighted by atomic mass is 19.1. The van der Waals surface area contributed by atoms with Crippen LogP contribution in [0.3, 0.4) is 0 Å². The molecule has 2 amide bonds. The van der Waals surface area contributed by atoms with Crippen molar-refractivity contribution >= 4 is 17.4 Å². The SMILES string of the molecule is Cn1cc(NC(=O)NC2CCN(c3ccc(F)cc3F)C2)c(=O)n(C)c1=O. The smallest absolute Gasteiger partial charge is 0.330 e. The summed E-state index contributed by atoms with van der Waals surface area (Å²) in [4.78, 5) is 37.6. The van der Waals surface area contributed by atoms with Gasteiger partial charge in [0.2, 0.25) is 0 Å². The molecule has 1 aliphatic heterocycles. The Morgan fingerprint density at radius 2 is 1.96 bits per heavy atom.